The van der Waals surface area contributed by atoms with Gasteiger partial charge in [0.25, 0.3) is 0 Å². The summed E-state index contributed by atoms with van der Waals surface area (Å²) >= 11 is 0. The van der Waals surface area contributed by atoms with Crippen molar-refractivity contribution in [3.63, 3.8) is 0 Å². The standard InChI is InChI=1S/C40H51FN6O10/c1-21(42)35(48)43-22(2)38(51)47(5)31(19-25-10-14-32(55-6)28(41)16-25)36(49)44-23(3)39(52)46(4)30-18-24-8-12-27(13-9-24)57-34-20-26(11-15-33(34)56-7)17-29(40(53)54)45-37(30)50/h8,10-12,14-16,20-23,29-31H,9,13,17-19,42H2,1-7H3,(H,43,48)(H,44,49)(H,45,50)(H,53,54)/t21-,22+,23+,29+,30+,31+/m1/s1. The van der Waals surface area contributed by atoms with Crippen molar-refractivity contribution in [1.82, 2.24) is 25.8 Å². The Labute approximate surface area is 330 Å². The number of allylic oxidation sites excluding steroid dienone is 3. The summed E-state index contributed by atoms with van der Waals surface area (Å²) < 4.78 is 31.3. The summed E-state index contributed by atoms with van der Waals surface area (Å²) in [4.78, 5) is 82.4. The number of aliphatic carboxylic acids is 1. The topological polar surface area (TPSA) is 219 Å². The molecule has 6 N–H and O–H groups in total. The average Bonchev–Trinajstić information content (AvgIpc) is 3.17. The number of rotatable bonds is 13. The van der Waals surface area contributed by atoms with E-state index in [1.165, 1.54) is 61.2 Å². The molecule has 0 spiro atoms. The SMILES string of the molecule is COc1ccc(C[C@@H](C(=O)N[C@@H](C)C(=O)N(C)[C@H]2CC3=CC=C(CC3)Oc3cc(ccc3OC)C[C@@H](C(=O)O)NC2=O)N(C)C(=O)[C@H](C)NC(=O)[C@@H](C)N)cc1F. The number of fused-ring (bicyclic) bond motifs is 7. The van der Waals surface area contributed by atoms with Crippen LogP contribution in [0.25, 0.3) is 0 Å². The predicted octanol–water partition coefficient (Wildman–Crippen LogP) is 1.59. The number of nitrogens with two attached hydrogens (primary N) is 1. The Bertz CT molecular complexity index is 1930. The van der Waals surface area contributed by atoms with Crippen molar-refractivity contribution in [2.24, 2.45) is 5.73 Å². The van der Waals surface area contributed by atoms with E-state index in [-0.39, 0.29) is 25.0 Å². The van der Waals surface area contributed by atoms with Crippen LogP contribution in [0.1, 0.15) is 51.2 Å². The lowest BCUT2D eigenvalue weighted by Crippen LogP contribution is -2.59. The van der Waals surface area contributed by atoms with E-state index in [2.05, 4.69) is 16.0 Å². The number of nitrogens with zero attached hydrogens (tertiary/aromatic N) is 2. The summed E-state index contributed by atoms with van der Waals surface area (Å²) in [5.41, 5.74) is 7.32. The van der Waals surface area contributed by atoms with E-state index >= 15 is 0 Å². The molecule has 0 aromatic heterocycles. The fourth-order valence-corrected chi connectivity index (χ4v) is 6.50. The smallest absolute Gasteiger partial charge is 0.326 e. The fraction of sp³-hybridized carbons (Fsp3) is 0.450. The van der Waals surface area contributed by atoms with E-state index in [1.807, 2.05) is 0 Å². The molecule has 6 atom stereocenters. The largest absolute Gasteiger partial charge is 0.494 e. The fourth-order valence-electron chi connectivity index (χ4n) is 6.50. The molecule has 3 aliphatic rings. The molecule has 17 heteroatoms. The van der Waals surface area contributed by atoms with Crippen molar-refractivity contribution >= 4 is 35.5 Å². The van der Waals surface area contributed by atoms with Gasteiger partial charge in [-0.1, -0.05) is 23.8 Å². The second-order valence-corrected chi connectivity index (χ2v) is 14.2. The second-order valence-electron chi connectivity index (χ2n) is 14.2. The number of halogens is 1. The number of likely N-dealkylation sites (N-methyl/N-ethyl adjacent to an activating group) is 2. The van der Waals surface area contributed by atoms with Crippen molar-refractivity contribution in [3.8, 4) is 17.2 Å². The van der Waals surface area contributed by atoms with Crippen LogP contribution in [0.15, 0.2) is 59.9 Å². The lowest BCUT2D eigenvalue weighted by Gasteiger charge is -2.33. The number of amides is 5. The van der Waals surface area contributed by atoms with Gasteiger partial charge in [0, 0.05) is 33.4 Å². The molecule has 0 saturated heterocycles. The summed E-state index contributed by atoms with van der Waals surface area (Å²) in [6.07, 6.45) is 4.28. The highest BCUT2D eigenvalue weighted by Crippen LogP contribution is 2.33. The van der Waals surface area contributed by atoms with Gasteiger partial charge in [0.1, 0.15) is 36.0 Å². The van der Waals surface area contributed by atoms with Crippen molar-refractivity contribution in [2.75, 3.05) is 28.3 Å². The zero-order chi connectivity index (χ0) is 42.1. The van der Waals surface area contributed by atoms with Crippen LogP contribution in [0, 0.1) is 5.82 Å². The quantitative estimate of drug-likeness (QED) is 0.196. The lowest BCUT2D eigenvalue weighted by molar-refractivity contribution is -0.146. The number of hydrogen-bond acceptors (Lipinski definition) is 10. The molecule has 5 rings (SSSR count). The van der Waals surface area contributed by atoms with Crippen LogP contribution in [-0.2, 0) is 41.6 Å². The van der Waals surface area contributed by atoms with Gasteiger partial charge in [-0.25, -0.2) is 9.18 Å². The number of carbonyl (C=O) groups excluding carboxylic acids is 5. The Morgan fingerprint density at radius 1 is 0.930 bits per heavy atom. The molecule has 0 unspecified atom stereocenters. The normalized spacial score (nSPS) is 18.7. The Morgan fingerprint density at radius 2 is 1.58 bits per heavy atom. The highest BCUT2D eigenvalue weighted by molar-refractivity contribution is 5.96. The van der Waals surface area contributed by atoms with E-state index < -0.39 is 77.6 Å². The number of nitrogens with one attached hydrogen (secondary N) is 3. The molecule has 0 saturated carbocycles. The van der Waals surface area contributed by atoms with Crippen LogP contribution in [0.3, 0.4) is 0 Å². The van der Waals surface area contributed by atoms with Gasteiger partial charge in [0.2, 0.25) is 29.5 Å². The van der Waals surface area contributed by atoms with E-state index in [9.17, 15) is 38.3 Å². The van der Waals surface area contributed by atoms with Gasteiger partial charge in [-0.05, 0) is 75.1 Å². The number of ether oxygens (including phenoxy) is 3. The first-order valence-corrected chi connectivity index (χ1v) is 18.4. The molecular weight excluding hydrogens is 743 g/mol. The van der Waals surface area contributed by atoms with E-state index in [4.69, 9.17) is 19.9 Å². The van der Waals surface area contributed by atoms with Crippen LogP contribution in [0.2, 0.25) is 0 Å². The van der Waals surface area contributed by atoms with Gasteiger partial charge >= 0.3 is 5.97 Å². The molecule has 2 heterocycles. The summed E-state index contributed by atoms with van der Waals surface area (Å²) in [7, 11) is 5.52. The minimum Gasteiger partial charge on any atom is -0.494 e. The molecule has 4 bridgehead atoms. The molecule has 308 valence electrons. The maximum absolute atomic E-state index is 14.7. The second kappa shape index (κ2) is 19.3. The third kappa shape index (κ3) is 11.1. The van der Waals surface area contributed by atoms with E-state index in [0.717, 1.165) is 21.4 Å². The molecule has 0 radical (unpaired) electrons. The number of carbonyl (C=O) groups is 6. The Kier molecular flexibility index (Phi) is 14.8. The lowest BCUT2D eigenvalue weighted by atomic mass is 9.95. The molecule has 0 fully saturated rings. The van der Waals surface area contributed by atoms with Crippen molar-refractivity contribution in [1.29, 1.82) is 0 Å². The van der Waals surface area contributed by atoms with Gasteiger partial charge in [-0.2, -0.15) is 0 Å². The predicted molar refractivity (Wildman–Crippen MR) is 206 cm³/mol. The minimum atomic E-state index is -1.37. The Morgan fingerprint density at radius 3 is 2.18 bits per heavy atom. The van der Waals surface area contributed by atoms with Gasteiger partial charge in [0.15, 0.2) is 23.1 Å². The van der Waals surface area contributed by atoms with Gasteiger partial charge in [0.05, 0.1) is 20.3 Å². The highest BCUT2D eigenvalue weighted by atomic mass is 19.1. The monoisotopic (exact) mass is 794 g/mol. The van der Waals surface area contributed by atoms with Gasteiger partial charge < -0.3 is 50.8 Å². The first-order chi connectivity index (χ1) is 26.9. The Balaban J connectivity index is 1.60. The van der Waals surface area contributed by atoms with Crippen LogP contribution in [0.4, 0.5) is 4.39 Å². The van der Waals surface area contributed by atoms with Crippen molar-refractivity contribution in [3.05, 3.63) is 76.8 Å². The van der Waals surface area contributed by atoms with Gasteiger partial charge in [-0.3, -0.25) is 24.0 Å². The number of benzene rings is 2. The first-order valence-electron chi connectivity index (χ1n) is 18.4. The molecule has 16 nitrogen and oxygen atoms in total. The van der Waals surface area contributed by atoms with Crippen LogP contribution < -0.4 is 35.9 Å². The van der Waals surface area contributed by atoms with Crippen molar-refractivity contribution < 1.29 is 52.5 Å². The molecular formula is C40H51FN6O10. The summed E-state index contributed by atoms with van der Waals surface area (Å²) in [6.45, 7) is 4.28. The third-order valence-electron chi connectivity index (χ3n) is 9.93. The maximum atomic E-state index is 14.7. The van der Waals surface area contributed by atoms with E-state index in [1.54, 1.807) is 30.4 Å². The zero-order valence-electron chi connectivity index (χ0n) is 33.1. The first kappa shape index (κ1) is 43.8. The maximum Gasteiger partial charge on any atom is 0.326 e. The highest BCUT2D eigenvalue weighted by Gasteiger charge is 2.36. The summed E-state index contributed by atoms with van der Waals surface area (Å²) in [6, 6.07) is 1.93. The number of hydrogen-bond donors (Lipinski definition) is 5. The molecule has 1 aliphatic carbocycles. The number of carboxylic acid groups (broad SMARTS) is 1. The number of methoxy groups -OCH3 is 2. The van der Waals surface area contributed by atoms with Crippen LogP contribution >= 0.6 is 0 Å². The van der Waals surface area contributed by atoms with Crippen molar-refractivity contribution in [2.45, 2.75) is 89.1 Å². The summed E-state index contributed by atoms with van der Waals surface area (Å²) in [5, 5.41) is 17.8. The molecule has 2 aromatic rings. The van der Waals surface area contributed by atoms with Crippen LogP contribution in [0.5, 0.6) is 17.2 Å². The minimum absolute atomic E-state index is 0.0289. The zero-order valence-corrected chi connectivity index (χ0v) is 33.1. The molecule has 2 aliphatic heterocycles. The number of carboxylic acids is 1. The molecule has 57 heavy (non-hydrogen) atoms. The van der Waals surface area contributed by atoms with E-state index in [0.29, 0.717) is 41.2 Å². The average molecular weight is 795 g/mol. The third-order valence-corrected chi connectivity index (χ3v) is 9.93. The molecule has 2 aromatic carbocycles. The van der Waals surface area contributed by atoms with Gasteiger partial charge in [-0.15, -0.1) is 0 Å². The summed E-state index contributed by atoms with van der Waals surface area (Å²) in [5.74, 6) is -3.97. The molecule has 5 amide bonds. The Hall–Kier alpha value is -5.97. The van der Waals surface area contributed by atoms with Crippen LogP contribution in [-0.4, -0.2) is 115 Å².